The van der Waals surface area contributed by atoms with Gasteiger partial charge in [0.1, 0.15) is 22.3 Å². The van der Waals surface area contributed by atoms with Gasteiger partial charge in [-0.15, -0.1) is 0 Å². The summed E-state index contributed by atoms with van der Waals surface area (Å²) in [7, 11) is 0. The molecule has 0 atom stereocenters. The van der Waals surface area contributed by atoms with Gasteiger partial charge in [-0.2, -0.15) is 0 Å². The average molecular weight is 807 g/mol. The van der Waals surface area contributed by atoms with E-state index in [1.165, 1.54) is 21.9 Å². The van der Waals surface area contributed by atoms with E-state index in [0.29, 0.717) is 17.5 Å². The molecule has 0 aliphatic carbocycles. The zero-order valence-electron chi connectivity index (χ0n) is 33.7. The monoisotopic (exact) mass is 806 g/mol. The molecule has 294 valence electrons. The summed E-state index contributed by atoms with van der Waals surface area (Å²) < 4.78 is 15.6. The van der Waals surface area contributed by atoms with Crippen molar-refractivity contribution in [1.29, 1.82) is 0 Å². The van der Waals surface area contributed by atoms with Crippen LogP contribution in [0.5, 0.6) is 0 Å². The van der Waals surface area contributed by atoms with E-state index in [9.17, 15) is 0 Å². The molecule has 63 heavy (non-hydrogen) atoms. The van der Waals surface area contributed by atoms with Crippen molar-refractivity contribution in [2.45, 2.75) is 0 Å². The van der Waals surface area contributed by atoms with Crippen LogP contribution in [0.4, 0.5) is 0 Å². The summed E-state index contributed by atoms with van der Waals surface area (Å²) in [6.07, 6.45) is 0. The van der Waals surface area contributed by atoms with Gasteiger partial charge in [-0.25, -0.2) is 15.0 Å². The van der Waals surface area contributed by atoms with Gasteiger partial charge in [0.25, 0.3) is 0 Å². The highest BCUT2D eigenvalue weighted by Crippen LogP contribution is 2.42. The standard InChI is InChI=1S/C57H34N4O2/c1-4-14-35(15-5-1)38-26-29-43-42-20-10-11-22-46(42)61(48(43)32-38)47-23-13-25-50-54(47)45-31-28-40(34-52(45)63-50)57-59-55(37-18-8-3-9-19-37)58-56(60-57)39-27-30-44-51(33-39)62-49-24-12-21-41(53(44)49)36-16-6-2-7-17-36/h1-34H. The summed E-state index contributed by atoms with van der Waals surface area (Å²) >= 11 is 0. The molecule has 0 aliphatic heterocycles. The molecule has 0 spiro atoms. The normalized spacial score (nSPS) is 11.8. The third-order valence-corrected chi connectivity index (χ3v) is 12.3. The van der Waals surface area contributed by atoms with Crippen LogP contribution in [-0.2, 0) is 0 Å². The molecule has 6 nitrogen and oxygen atoms in total. The number of furan rings is 2. The lowest BCUT2D eigenvalue weighted by Crippen LogP contribution is -2.00. The molecular weight excluding hydrogens is 773 g/mol. The summed E-state index contributed by atoms with van der Waals surface area (Å²) in [6.45, 7) is 0. The molecule has 9 aromatic carbocycles. The van der Waals surface area contributed by atoms with Crippen molar-refractivity contribution in [3.05, 3.63) is 206 Å². The molecule has 13 rings (SSSR count). The first-order chi connectivity index (χ1) is 31.2. The van der Waals surface area contributed by atoms with Crippen LogP contribution in [0, 0.1) is 0 Å². The maximum atomic E-state index is 6.72. The van der Waals surface area contributed by atoms with Crippen molar-refractivity contribution in [3.63, 3.8) is 0 Å². The van der Waals surface area contributed by atoms with E-state index in [2.05, 4.69) is 150 Å². The molecule has 0 bridgehead atoms. The molecular formula is C57H34N4O2. The van der Waals surface area contributed by atoms with Crippen LogP contribution >= 0.6 is 0 Å². The quantitative estimate of drug-likeness (QED) is 0.167. The predicted octanol–water partition coefficient (Wildman–Crippen LogP) is 15.1. The van der Waals surface area contributed by atoms with Crippen molar-refractivity contribution < 1.29 is 8.83 Å². The highest BCUT2D eigenvalue weighted by molar-refractivity contribution is 6.16. The lowest BCUT2D eigenvalue weighted by Gasteiger charge is -2.11. The van der Waals surface area contributed by atoms with Gasteiger partial charge in [0.2, 0.25) is 0 Å². The Bertz CT molecular complexity index is 3900. The summed E-state index contributed by atoms with van der Waals surface area (Å²) in [4.78, 5) is 15.3. The van der Waals surface area contributed by atoms with E-state index in [1.54, 1.807) is 0 Å². The Labute approximate surface area is 361 Å². The molecule has 0 aliphatic rings. The molecule has 0 amide bonds. The highest BCUT2D eigenvalue weighted by atomic mass is 16.3. The van der Waals surface area contributed by atoms with Crippen molar-refractivity contribution in [1.82, 2.24) is 19.5 Å². The summed E-state index contributed by atoms with van der Waals surface area (Å²) in [5.41, 5.74) is 13.7. The van der Waals surface area contributed by atoms with Gasteiger partial charge in [0.15, 0.2) is 17.5 Å². The minimum atomic E-state index is 0.549. The van der Waals surface area contributed by atoms with Crippen LogP contribution in [0.2, 0.25) is 0 Å². The minimum absolute atomic E-state index is 0.549. The smallest absolute Gasteiger partial charge is 0.164 e. The number of hydrogen-bond acceptors (Lipinski definition) is 5. The fraction of sp³-hybridized carbons (Fsp3) is 0. The van der Waals surface area contributed by atoms with E-state index in [4.69, 9.17) is 23.8 Å². The van der Waals surface area contributed by atoms with Crippen LogP contribution in [0.15, 0.2) is 215 Å². The fourth-order valence-corrected chi connectivity index (χ4v) is 9.35. The number of rotatable bonds is 6. The number of aromatic nitrogens is 4. The molecule has 0 N–H and O–H groups in total. The molecule has 13 aromatic rings. The maximum Gasteiger partial charge on any atom is 0.164 e. The summed E-state index contributed by atoms with van der Waals surface area (Å²) in [5, 5.41) is 6.59. The third kappa shape index (κ3) is 5.69. The van der Waals surface area contributed by atoms with Gasteiger partial charge in [-0.1, -0.05) is 152 Å². The summed E-state index contributed by atoms with van der Waals surface area (Å²) in [6, 6.07) is 71.5. The van der Waals surface area contributed by atoms with E-state index in [-0.39, 0.29) is 0 Å². The largest absolute Gasteiger partial charge is 0.456 e. The summed E-state index contributed by atoms with van der Waals surface area (Å²) in [5.74, 6) is 1.69. The first kappa shape index (κ1) is 35.2. The Hall–Kier alpha value is -8.61. The van der Waals surface area contributed by atoms with Crippen molar-refractivity contribution in [2.24, 2.45) is 0 Å². The van der Waals surface area contributed by atoms with Gasteiger partial charge in [-0.05, 0) is 76.9 Å². The molecule has 0 saturated carbocycles. The SMILES string of the molecule is c1ccc(-c2ccc3c4ccccc4n(-c4cccc5oc6cc(-c7nc(-c8ccccc8)nc(-c8ccc9c(c8)oc8cccc(-c%10ccccc%10)c89)n7)ccc6c45)c3c2)cc1. The first-order valence-corrected chi connectivity index (χ1v) is 21.1. The van der Waals surface area contributed by atoms with Crippen molar-refractivity contribution in [3.8, 4) is 62.1 Å². The van der Waals surface area contributed by atoms with E-state index < -0.39 is 0 Å². The minimum Gasteiger partial charge on any atom is -0.456 e. The molecule has 0 radical (unpaired) electrons. The molecule has 0 saturated heterocycles. The van der Waals surface area contributed by atoms with Gasteiger partial charge >= 0.3 is 0 Å². The van der Waals surface area contributed by atoms with Crippen molar-refractivity contribution >= 4 is 65.7 Å². The Kier molecular flexibility index (Phi) is 7.80. The van der Waals surface area contributed by atoms with Crippen LogP contribution in [0.25, 0.3) is 128 Å². The maximum absolute atomic E-state index is 6.72. The highest BCUT2D eigenvalue weighted by Gasteiger charge is 2.21. The second-order valence-electron chi connectivity index (χ2n) is 15.9. The number of para-hydroxylation sites is 1. The van der Waals surface area contributed by atoms with Gasteiger partial charge in [0.05, 0.1) is 22.1 Å². The van der Waals surface area contributed by atoms with Gasteiger partial charge in [-0.3, -0.25) is 0 Å². The Morgan fingerprint density at radius 3 is 1.49 bits per heavy atom. The topological polar surface area (TPSA) is 69.9 Å². The van der Waals surface area contributed by atoms with E-state index in [1.807, 2.05) is 60.7 Å². The van der Waals surface area contributed by atoms with Gasteiger partial charge in [0, 0.05) is 43.6 Å². The third-order valence-electron chi connectivity index (χ3n) is 12.3. The van der Waals surface area contributed by atoms with Crippen molar-refractivity contribution in [2.75, 3.05) is 0 Å². The number of fused-ring (bicyclic) bond motifs is 9. The molecule has 0 unspecified atom stereocenters. The fourth-order valence-electron chi connectivity index (χ4n) is 9.35. The first-order valence-electron chi connectivity index (χ1n) is 21.1. The van der Waals surface area contributed by atoms with Crippen LogP contribution < -0.4 is 0 Å². The Morgan fingerprint density at radius 1 is 0.302 bits per heavy atom. The zero-order valence-corrected chi connectivity index (χ0v) is 33.7. The lowest BCUT2D eigenvalue weighted by molar-refractivity contribution is 0.668. The zero-order chi connectivity index (χ0) is 41.4. The van der Waals surface area contributed by atoms with E-state index in [0.717, 1.165) is 88.4 Å². The molecule has 4 aromatic heterocycles. The van der Waals surface area contributed by atoms with E-state index >= 15 is 0 Å². The average Bonchev–Trinajstić information content (AvgIpc) is 4.03. The lowest BCUT2D eigenvalue weighted by atomic mass is 9.99. The Morgan fingerprint density at radius 2 is 0.810 bits per heavy atom. The number of nitrogens with zero attached hydrogens (tertiary/aromatic N) is 4. The molecule has 4 heterocycles. The van der Waals surface area contributed by atoms with Crippen LogP contribution in [-0.4, -0.2) is 19.5 Å². The second kappa shape index (κ2) is 14.0. The number of hydrogen-bond donors (Lipinski definition) is 0. The van der Waals surface area contributed by atoms with Gasteiger partial charge < -0.3 is 13.4 Å². The molecule has 6 heteroatoms. The van der Waals surface area contributed by atoms with Crippen LogP contribution in [0.1, 0.15) is 0 Å². The molecule has 0 fully saturated rings. The predicted molar refractivity (Wildman–Crippen MR) is 256 cm³/mol. The number of benzene rings is 9. The Balaban J connectivity index is 0.963. The van der Waals surface area contributed by atoms with Crippen LogP contribution in [0.3, 0.4) is 0 Å². The second-order valence-corrected chi connectivity index (χ2v) is 15.9.